The number of aromatic nitrogens is 2. The molecule has 11 heteroatoms. The molecule has 1 atom stereocenters. The van der Waals surface area contributed by atoms with E-state index in [1.54, 1.807) is 10.8 Å². The van der Waals surface area contributed by atoms with Crippen LogP contribution in [0.4, 0.5) is 0 Å². The van der Waals surface area contributed by atoms with E-state index in [2.05, 4.69) is 6.07 Å². The van der Waals surface area contributed by atoms with Crippen molar-refractivity contribution in [1.82, 2.24) is 14.7 Å². The fourth-order valence-corrected chi connectivity index (χ4v) is 5.75. The summed E-state index contributed by atoms with van der Waals surface area (Å²) >= 11 is 6.38. The van der Waals surface area contributed by atoms with Gasteiger partial charge in [-0.05, 0) is 48.9 Å². The van der Waals surface area contributed by atoms with Crippen molar-refractivity contribution < 1.29 is 22.5 Å². The maximum atomic E-state index is 13.0. The van der Waals surface area contributed by atoms with Gasteiger partial charge in [-0.3, -0.25) is 14.2 Å². The molecule has 2 aromatic carbocycles. The standard InChI is InChI=1S/C24H21N3O5S3/c1-15-11-17-12-16(7-8-20(17)32-15)22-18(14-27(25-22)19-5-3-2-4-6-19)13-21-23(28)26(24(33)34-21)9-10-35(29,30)31/h2-8,12-15H,9-11H2,1H3,(H,29,30,31)/b21-13+. The van der Waals surface area contributed by atoms with Crippen molar-refractivity contribution >= 4 is 50.4 Å². The number of thioether (sulfide) groups is 1. The molecule has 1 saturated heterocycles. The Morgan fingerprint density at radius 2 is 2.03 bits per heavy atom. The highest BCUT2D eigenvalue weighted by Gasteiger charge is 2.33. The fourth-order valence-electron chi connectivity index (χ4n) is 4.04. The average Bonchev–Trinajstić information content (AvgIpc) is 3.47. The van der Waals surface area contributed by atoms with Crippen LogP contribution in [0.5, 0.6) is 5.75 Å². The van der Waals surface area contributed by atoms with Crippen molar-refractivity contribution in [3.05, 3.63) is 70.8 Å². The number of para-hydroxylation sites is 1. The minimum absolute atomic E-state index is 0.117. The SMILES string of the molecule is CC1Cc2cc(-c3nn(-c4ccccc4)cc3/C=C3/SC(=S)N(CCS(=O)(=O)O)C3=O)ccc2O1. The second kappa shape index (κ2) is 9.23. The van der Waals surface area contributed by atoms with Gasteiger partial charge in [0.15, 0.2) is 0 Å². The molecule has 1 amide bonds. The van der Waals surface area contributed by atoms with E-state index in [-0.39, 0.29) is 17.0 Å². The maximum absolute atomic E-state index is 13.0. The number of benzene rings is 2. The van der Waals surface area contributed by atoms with Gasteiger partial charge in [-0.2, -0.15) is 13.5 Å². The highest BCUT2D eigenvalue weighted by atomic mass is 32.2. The van der Waals surface area contributed by atoms with Crippen molar-refractivity contribution in [3.63, 3.8) is 0 Å². The third-order valence-corrected chi connectivity index (χ3v) is 7.74. The van der Waals surface area contributed by atoms with Crippen molar-refractivity contribution in [3.8, 4) is 22.7 Å². The van der Waals surface area contributed by atoms with Crippen LogP contribution in [0.25, 0.3) is 23.0 Å². The monoisotopic (exact) mass is 527 g/mol. The van der Waals surface area contributed by atoms with Gasteiger partial charge < -0.3 is 4.74 Å². The summed E-state index contributed by atoms with van der Waals surface area (Å²) in [6.07, 6.45) is 4.50. The molecule has 3 heterocycles. The Bertz CT molecular complexity index is 1460. The summed E-state index contributed by atoms with van der Waals surface area (Å²) in [5.74, 6) is -0.122. The van der Waals surface area contributed by atoms with Gasteiger partial charge >= 0.3 is 0 Å². The second-order valence-corrected chi connectivity index (χ2v) is 11.5. The van der Waals surface area contributed by atoms with E-state index in [9.17, 15) is 13.2 Å². The summed E-state index contributed by atoms with van der Waals surface area (Å²) in [7, 11) is -4.22. The Morgan fingerprint density at radius 1 is 1.26 bits per heavy atom. The zero-order valence-electron chi connectivity index (χ0n) is 18.6. The van der Waals surface area contributed by atoms with Gasteiger partial charge in [-0.15, -0.1) is 0 Å². The Morgan fingerprint density at radius 3 is 2.77 bits per heavy atom. The van der Waals surface area contributed by atoms with Gasteiger partial charge in [0, 0.05) is 30.3 Å². The van der Waals surface area contributed by atoms with Gasteiger partial charge in [-0.25, -0.2) is 4.68 Å². The number of carbonyl (C=O) groups excluding carboxylic acids is 1. The normalized spacial score (nSPS) is 18.9. The third-order valence-electron chi connectivity index (χ3n) is 5.67. The Hall–Kier alpha value is -2.99. The number of rotatable bonds is 6. The van der Waals surface area contributed by atoms with E-state index in [0.29, 0.717) is 10.6 Å². The largest absolute Gasteiger partial charge is 0.490 e. The van der Waals surface area contributed by atoms with Crippen LogP contribution in [0.3, 0.4) is 0 Å². The summed E-state index contributed by atoms with van der Waals surface area (Å²) in [5.41, 5.74) is 4.28. The van der Waals surface area contributed by atoms with Crippen LogP contribution in [-0.2, 0) is 21.3 Å². The molecule has 0 spiro atoms. The molecule has 0 bridgehead atoms. The van der Waals surface area contributed by atoms with E-state index < -0.39 is 21.8 Å². The minimum Gasteiger partial charge on any atom is -0.490 e. The first kappa shape index (κ1) is 23.7. The van der Waals surface area contributed by atoms with Crippen molar-refractivity contribution in [2.75, 3.05) is 12.3 Å². The number of hydrogen-bond acceptors (Lipinski definition) is 7. The van der Waals surface area contributed by atoms with Crippen molar-refractivity contribution in [1.29, 1.82) is 0 Å². The van der Waals surface area contributed by atoms with Crippen LogP contribution in [0.15, 0.2) is 59.6 Å². The summed E-state index contributed by atoms with van der Waals surface area (Å²) in [6, 6.07) is 15.6. The smallest absolute Gasteiger partial charge is 0.266 e. The van der Waals surface area contributed by atoms with Crippen LogP contribution in [0, 0.1) is 0 Å². The number of fused-ring (bicyclic) bond motifs is 1. The molecule has 2 aliphatic heterocycles. The number of hydrogen-bond donors (Lipinski definition) is 1. The second-order valence-electron chi connectivity index (χ2n) is 8.29. The number of carbonyl (C=O) groups is 1. The Balaban J connectivity index is 1.54. The number of amides is 1. The Kier molecular flexibility index (Phi) is 6.26. The molecule has 3 aromatic rings. The predicted molar refractivity (Wildman–Crippen MR) is 139 cm³/mol. The van der Waals surface area contributed by atoms with E-state index in [1.165, 1.54) is 4.90 Å². The molecule has 1 N–H and O–H groups in total. The lowest BCUT2D eigenvalue weighted by Gasteiger charge is -2.12. The van der Waals surface area contributed by atoms with Gasteiger partial charge in [0.2, 0.25) is 0 Å². The van der Waals surface area contributed by atoms with Gasteiger partial charge in [-0.1, -0.05) is 42.2 Å². The summed E-state index contributed by atoms with van der Waals surface area (Å²) in [6.45, 7) is 1.82. The molecule has 0 radical (unpaired) electrons. The van der Waals surface area contributed by atoms with Crippen molar-refractivity contribution in [2.45, 2.75) is 19.4 Å². The maximum Gasteiger partial charge on any atom is 0.266 e. The van der Waals surface area contributed by atoms with Gasteiger partial charge in [0.1, 0.15) is 21.9 Å². The molecule has 0 saturated carbocycles. The predicted octanol–water partition coefficient (Wildman–Crippen LogP) is 3.95. The lowest BCUT2D eigenvalue weighted by Crippen LogP contribution is -2.32. The molecule has 5 rings (SSSR count). The van der Waals surface area contributed by atoms with Crippen LogP contribution < -0.4 is 4.74 Å². The quantitative estimate of drug-likeness (QED) is 0.292. The molecule has 8 nitrogen and oxygen atoms in total. The fraction of sp³-hybridized carbons (Fsp3) is 0.208. The number of nitrogens with zero attached hydrogens (tertiary/aromatic N) is 3. The molecule has 180 valence electrons. The highest BCUT2D eigenvalue weighted by Crippen LogP contribution is 2.37. The first-order chi connectivity index (χ1) is 16.7. The summed E-state index contributed by atoms with van der Waals surface area (Å²) in [5, 5.41) is 4.82. The van der Waals surface area contributed by atoms with Crippen molar-refractivity contribution in [2.24, 2.45) is 0 Å². The third kappa shape index (κ3) is 5.03. The van der Waals surface area contributed by atoms with Crippen LogP contribution in [-0.4, -0.2) is 56.3 Å². The molecule has 0 aliphatic carbocycles. The van der Waals surface area contributed by atoms with Crippen LogP contribution in [0.2, 0.25) is 0 Å². The lowest BCUT2D eigenvalue weighted by atomic mass is 10.0. The number of ether oxygens (including phenoxy) is 1. The van der Waals surface area contributed by atoms with E-state index in [1.807, 2.05) is 55.6 Å². The highest BCUT2D eigenvalue weighted by molar-refractivity contribution is 8.26. The zero-order chi connectivity index (χ0) is 24.7. The molecule has 2 aliphatic rings. The molecule has 1 unspecified atom stereocenters. The summed E-state index contributed by atoms with van der Waals surface area (Å²) in [4.78, 5) is 14.5. The van der Waals surface area contributed by atoms with Crippen LogP contribution in [0.1, 0.15) is 18.1 Å². The number of thiocarbonyl (C=S) groups is 1. The molecular formula is C24H21N3O5S3. The summed E-state index contributed by atoms with van der Waals surface area (Å²) < 4.78 is 39.2. The van der Waals surface area contributed by atoms with Gasteiger partial charge in [0.25, 0.3) is 16.0 Å². The molecular weight excluding hydrogens is 506 g/mol. The lowest BCUT2D eigenvalue weighted by molar-refractivity contribution is -0.121. The van der Waals surface area contributed by atoms with E-state index in [4.69, 9.17) is 26.6 Å². The molecule has 1 fully saturated rings. The van der Waals surface area contributed by atoms with Crippen LogP contribution >= 0.6 is 24.0 Å². The topological polar surface area (TPSA) is 102 Å². The zero-order valence-corrected chi connectivity index (χ0v) is 21.1. The van der Waals surface area contributed by atoms with E-state index >= 15 is 0 Å². The molecule has 1 aromatic heterocycles. The first-order valence-electron chi connectivity index (χ1n) is 10.8. The average molecular weight is 528 g/mol. The van der Waals surface area contributed by atoms with E-state index in [0.717, 1.165) is 46.3 Å². The van der Waals surface area contributed by atoms with Gasteiger partial charge in [0.05, 0.1) is 16.3 Å². The Labute approximate surface area is 212 Å². The minimum atomic E-state index is -4.22. The first-order valence-corrected chi connectivity index (χ1v) is 13.7. The molecule has 35 heavy (non-hydrogen) atoms.